The Balaban J connectivity index is 0.00000272. The largest absolute Gasteiger partial charge is 0.490 e. The molecule has 0 spiro atoms. The second kappa shape index (κ2) is 11.9. The van der Waals surface area contributed by atoms with Crippen molar-refractivity contribution in [3.8, 4) is 11.5 Å². The molecular formula is C22H31IN4O3S. The third kappa shape index (κ3) is 6.47. The molecule has 0 amide bonds. The number of hydrogen-bond donors (Lipinski definition) is 2. The number of anilines is 1. The molecule has 31 heavy (non-hydrogen) atoms. The van der Waals surface area contributed by atoms with Crippen molar-refractivity contribution >= 4 is 47.0 Å². The first-order chi connectivity index (χ1) is 14.7. The number of aliphatic imine (C=N–C) groups is 1. The highest BCUT2D eigenvalue weighted by Crippen LogP contribution is 2.32. The summed E-state index contributed by atoms with van der Waals surface area (Å²) in [7, 11) is 1.79. The van der Waals surface area contributed by atoms with Crippen LogP contribution in [-0.2, 0) is 4.74 Å². The van der Waals surface area contributed by atoms with E-state index in [1.54, 1.807) is 18.4 Å². The predicted molar refractivity (Wildman–Crippen MR) is 136 cm³/mol. The van der Waals surface area contributed by atoms with Crippen LogP contribution in [0.1, 0.15) is 24.3 Å². The molecule has 3 heterocycles. The van der Waals surface area contributed by atoms with Crippen molar-refractivity contribution in [1.29, 1.82) is 0 Å². The Bertz CT molecular complexity index is 849. The number of halogens is 1. The zero-order valence-electron chi connectivity index (χ0n) is 18.0. The zero-order chi connectivity index (χ0) is 20.8. The summed E-state index contributed by atoms with van der Waals surface area (Å²) in [5.74, 6) is 2.29. The third-order valence-corrected chi connectivity index (χ3v) is 6.26. The molecule has 2 aliphatic rings. The van der Waals surface area contributed by atoms with Gasteiger partial charge in [-0.05, 0) is 30.5 Å². The van der Waals surface area contributed by atoms with Gasteiger partial charge in [0.1, 0.15) is 0 Å². The van der Waals surface area contributed by atoms with Crippen LogP contribution in [0.4, 0.5) is 5.69 Å². The Morgan fingerprint density at radius 3 is 2.81 bits per heavy atom. The molecule has 9 heteroatoms. The number of ether oxygens (including phenoxy) is 3. The van der Waals surface area contributed by atoms with Crippen LogP contribution < -0.4 is 20.1 Å². The van der Waals surface area contributed by atoms with Crippen LogP contribution in [0, 0.1) is 0 Å². The van der Waals surface area contributed by atoms with Crippen LogP contribution in [-0.4, -0.2) is 63.5 Å². The first kappa shape index (κ1) is 24.1. The molecule has 0 saturated carbocycles. The summed E-state index contributed by atoms with van der Waals surface area (Å²) < 4.78 is 17.3. The maximum absolute atomic E-state index is 5.80. The molecular weight excluding hydrogens is 527 g/mol. The molecule has 1 aromatic heterocycles. The van der Waals surface area contributed by atoms with E-state index in [0.29, 0.717) is 13.2 Å². The van der Waals surface area contributed by atoms with Gasteiger partial charge >= 0.3 is 0 Å². The molecule has 0 bridgehead atoms. The van der Waals surface area contributed by atoms with E-state index in [1.165, 1.54) is 4.88 Å². The van der Waals surface area contributed by atoms with Gasteiger partial charge in [0, 0.05) is 49.7 Å². The minimum atomic E-state index is 0. The average Bonchev–Trinajstić information content (AvgIpc) is 3.18. The fourth-order valence-electron chi connectivity index (χ4n) is 3.77. The highest BCUT2D eigenvalue weighted by Gasteiger charge is 2.26. The Hall–Kier alpha value is -1.56. The summed E-state index contributed by atoms with van der Waals surface area (Å²) >= 11 is 1.79. The van der Waals surface area contributed by atoms with Gasteiger partial charge in [-0.25, -0.2) is 0 Å². The maximum atomic E-state index is 5.80. The van der Waals surface area contributed by atoms with E-state index in [2.05, 4.69) is 45.0 Å². The van der Waals surface area contributed by atoms with Crippen LogP contribution in [0.5, 0.6) is 11.5 Å². The van der Waals surface area contributed by atoms with Crippen molar-refractivity contribution in [3.05, 3.63) is 40.6 Å². The van der Waals surface area contributed by atoms with Crippen molar-refractivity contribution in [2.45, 2.75) is 25.5 Å². The number of benzene rings is 1. The van der Waals surface area contributed by atoms with Crippen LogP contribution in [0.2, 0.25) is 0 Å². The van der Waals surface area contributed by atoms with Crippen molar-refractivity contribution in [2.24, 2.45) is 4.99 Å². The number of nitrogens with one attached hydrogen (secondary N) is 2. The number of guanidine groups is 1. The topological polar surface area (TPSA) is 67.4 Å². The minimum Gasteiger partial charge on any atom is -0.490 e. The summed E-state index contributed by atoms with van der Waals surface area (Å²) in [6.07, 6.45) is 1.14. The van der Waals surface area contributed by atoms with Gasteiger partial charge in [-0.1, -0.05) is 6.07 Å². The Morgan fingerprint density at radius 1 is 1.23 bits per heavy atom. The maximum Gasteiger partial charge on any atom is 0.195 e. The molecule has 1 saturated heterocycles. The molecule has 2 unspecified atom stereocenters. The molecule has 0 aliphatic carbocycles. The van der Waals surface area contributed by atoms with Gasteiger partial charge in [0.25, 0.3) is 0 Å². The number of hydrogen-bond acceptors (Lipinski definition) is 6. The second-order valence-electron chi connectivity index (χ2n) is 7.50. The van der Waals surface area contributed by atoms with Crippen molar-refractivity contribution in [2.75, 3.05) is 51.8 Å². The summed E-state index contributed by atoms with van der Waals surface area (Å²) in [5, 5.41) is 9.01. The summed E-state index contributed by atoms with van der Waals surface area (Å²) in [5.41, 5.74) is 0.917. The molecule has 1 aromatic carbocycles. The fourth-order valence-corrected chi connectivity index (χ4v) is 4.63. The lowest BCUT2D eigenvalue weighted by atomic mass is 10.1. The van der Waals surface area contributed by atoms with E-state index in [1.807, 2.05) is 18.2 Å². The monoisotopic (exact) mass is 558 g/mol. The second-order valence-corrected chi connectivity index (χ2v) is 8.48. The number of morpholine rings is 1. The lowest BCUT2D eigenvalue weighted by Gasteiger charge is -2.37. The van der Waals surface area contributed by atoms with Gasteiger partial charge in [0.15, 0.2) is 17.5 Å². The smallest absolute Gasteiger partial charge is 0.195 e. The lowest BCUT2D eigenvalue weighted by molar-refractivity contribution is -0.0333. The van der Waals surface area contributed by atoms with Crippen molar-refractivity contribution < 1.29 is 14.2 Å². The number of rotatable bonds is 5. The fraction of sp³-hybridized carbons (Fsp3) is 0.500. The summed E-state index contributed by atoms with van der Waals surface area (Å²) in [6, 6.07) is 10.5. The Labute approximate surface area is 205 Å². The molecule has 2 N–H and O–H groups in total. The van der Waals surface area contributed by atoms with E-state index in [4.69, 9.17) is 14.2 Å². The van der Waals surface area contributed by atoms with Gasteiger partial charge in [0.05, 0.1) is 32.0 Å². The quantitative estimate of drug-likeness (QED) is 0.329. The Kier molecular flexibility index (Phi) is 9.24. The number of thiophene rings is 1. The average molecular weight is 558 g/mol. The number of nitrogens with zero attached hydrogens (tertiary/aromatic N) is 2. The predicted octanol–water partition coefficient (Wildman–Crippen LogP) is 3.98. The lowest BCUT2D eigenvalue weighted by Crippen LogP contribution is -2.47. The minimum absolute atomic E-state index is 0. The normalized spacial score (nSPS) is 20.3. The standard InChI is InChI=1S/C22H30N4O3S.HI/c1-16-15-26(8-11-27-16)18(21-5-3-12-30-21)14-24-22(23-2)25-17-6-7-19-20(13-17)29-10-4-9-28-19;/h3,5-7,12-13,16,18H,4,8-11,14-15H2,1-2H3,(H2,23,24,25);1H. The van der Waals surface area contributed by atoms with Gasteiger partial charge in [0.2, 0.25) is 0 Å². The van der Waals surface area contributed by atoms with Crippen LogP contribution >= 0.6 is 35.3 Å². The van der Waals surface area contributed by atoms with Crippen LogP contribution in [0.25, 0.3) is 0 Å². The first-order valence-electron chi connectivity index (χ1n) is 10.5. The van der Waals surface area contributed by atoms with E-state index < -0.39 is 0 Å². The molecule has 2 atom stereocenters. The first-order valence-corrected chi connectivity index (χ1v) is 11.4. The van der Waals surface area contributed by atoms with Gasteiger partial charge in [-0.3, -0.25) is 9.89 Å². The SMILES string of the molecule is CN=C(NCC(c1cccs1)N1CCOC(C)C1)Nc1ccc2c(c1)OCCCO2.I. The van der Waals surface area contributed by atoms with Gasteiger partial charge < -0.3 is 24.8 Å². The summed E-state index contributed by atoms with van der Waals surface area (Å²) in [6.45, 7) is 6.89. The molecule has 2 aromatic rings. The van der Waals surface area contributed by atoms with E-state index in [-0.39, 0.29) is 36.1 Å². The van der Waals surface area contributed by atoms with Crippen molar-refractivity contribution in [1.82, 2.24) is 10.2 Å². The number of fused-ring (bicyclic) bond motifs is 1. The van der Waals surface area contributed by atoms with E-state index >= 15 is 0 Å². The zero-order valence-corrected chi connectivity index (χ0v) is 21.2. The summed E-state index contributed by atoms with van der Waals surface area (Å²) in [4.78, 5) is 8.25. The molecule has 0 radical (unpaired) electrons. The van der Waals surface area contributed by atoms with Crippen LogP contribution in [0.3, 0.4) is 0 Å². The van der Waals surface area contributed by atoms with Crippen LogP contribution in [0.15, 0.2) is 40.7 Å². The third-order valence-electron chi connectivity index (χ3n) is 5.28. The van der Waals surface area contributed by atoms with Crippen molar-refractivity contribution in [3.63, 3.8) is 0 Å². The molecule has 4 rings (SSSR count). The van der Waals surface area contributed by atoms with E-state index in [0.717, 1.165) is 55.8 Å². The Morgan fingerprint density at radius 2 is 2.06 bits per heavy atom. The highest BCUT2D eigenvalue weighted by atomic mass is 127. The highest BCUT2D eigenvalue weighted by molar-refractivity contribution is 14.0. The molecule has 2 aliphatic heterocycles. The van der Waals surface area contributed by atoms with E-state index in [9.17, 15) is 0 Å². The van der Waals surface area contributed by atoms with Gasteiger partial charge in [-0.15, -0.1) is 35.3 Å². The van der Waals surface area contributed by atoms with Gasteiger partial charge in [-0.2, -0.15) is 0 Å². The molecule has 170 valence electrons. The molecule has 7 nitrogen and oxygen atoms in total. The molecule has 1 fully saturated rings.